The number of carbonyl (C=O) groups is 1. The molecule has 2 aromatic carbocycles. The molecule has 0 radical (unpaired) electrons. The number of ether oxygens (including phenoxy) is 2. The highest BCUT2D eigenvalue weighted by molar-refractivity contribution is 7.10. The van der Waals surface area contributed by atoms with Gasteiger partial charge in [0.1, 0.15) is 11.5 Å². The lowest BCUT2D eigenvalue weighted by atomic mass is 10.0. The Balaban J connectivity index is 1.36. The van der Waals surface area contributed by atoms with E-state index in [0.717, 1.165) is 31.9 Å². The number of benzene rings is 2. The van der Waals surface area contributed by atoms with Crippen LogP contribution in [0.15, 0.2) is 72.1 Å². The summed E-state index contributed by atoms with van der Waals surface area (Å²) >= 11 is 1.74. The Morgan fingerprint density at radius 1 is 0.970 bits per heavy atom. The lowest BCUT2D eigenvalue weighted by Crippen LogP contribution is -2.52. The Morgan fingerprint density at radius 2 is 1.70 bits per heavy atom. The summed E-state index contributed by atoms with van der Waals surface area (Å²) in [6.45, 7) is 5.82. The van der Waals surface area contributed by atoms with Crippen LogP contribution in [-0.2, 0) is 4.79 Å². The molecule has 1 aliphatic rings. The number of anilines is 1. The Kier molecular flexibility index (Phi) is 7.86. The maximum Gasteiger partial charge on any atom is 0.258 e. The van der Waals surface area contributed by atoms with Crippen LogP contribution in [0.4, 0.5) is 5.69 Å². The van der Waals surface area contributed by atoms with Gasteiger partial charge in [0.25, 0.3) is 5.91 Å². The fourth-order valence-electron chi connectivity index (χ4n) is 4.29. The first-order valence-corrected chi connectivity index (χ1v) is 12.2. The van der Waals surface area contributed by atoms with Crippen LogP contribution in [0.25, 0.3) is 0 Å². The highest BCUT2D eigenvalue weighted by atomic mass is 32.1. The van der Waals surface area contributed by atoms with E-state index >= 15 is 0 Å². The zero-order chi connectivity index (χ0) is 23.0. The van der Waals surface area contributed by atoms with Gasteiger partial charge in [0.2, 0.25) is 0 Å². The van der Waals surface area contributed by atoms with Gasteiger partial charge in [-0.2, -0.15) is 0 Å². The van der Waals surface area contributed by atoms with E-state index in [4.69, 9.17) is 9.47 Å². The summed E-state index contributed by atoms with van der Waals surface area (Å²) in [7, 11) is 1.69. The first-order valence-electron chi connectivity index (χ1n) is 11.3. The molecule has 0 spiro atoms. The zero-order valence-corrected chi connectivity index (χ0v) is 20.0. The van der Waals surface area contributed by atoms with Crippen molar-refractivity contribution in [2.75, 3.05) is 44.8 Å². The van der Waals surface area contributed by atoms with E-state index in [0.29, 0.717) is 5.75 Å². The van der Waals surface area contributed by atoms with Gasteiger partial charge in [0, 0.05) is 42.8 Å². The van der Waals surface area contributed by atoms with Crippen molar-refractivity contribution in [3.8, 4) is 11.5 Å². The van der Waals surface area contributed by atoms with E-state index in [-0.39, 0.29) is 24.6 Å². The van der Waals surface area contributed by atoms with Crippen molar-refractivity contribution in [2.45, 2.75) is 19.0 Å². The van der Waals surface area contributed by atoms with Crippen LogP contribution in [0, 0.1) is 0 Å². The van der Waals surface area contributed by atoms with Crippen molar-refractivity contribution in [3.63, 3.8) is 0 Å². The summed E-state index contributed by atoms with van der Waals surface area (Å²) in [6.07, 6.45) is 0. The topological polar surface area (TPSA) is 54.0 Å². The molecular weight excluding hydrogens is 434 g/mol. The standard InChI is InChI=1S/C26H31N3O3S/c1-20(27-25(30)19-32-23-7-4-3-5-8-23)26(24-9-6-18-33-24)29-16-14-28(15-17-29)21-10-12-22(31-2)13-11-21/h3-13,18,20,26H,14-17,19H2,1-2H3,(H,27,30). The molecule has 1 N–H and O–H groups in total. The molecular formula is C26H31N3O3S. The first kappa shape index (κ1) is 23.1. The minimum absolute atomic E-state index is 0.0107. The summed E-state index contributed by atoms with van der Waals surface area (Å²) in [5, 5.41) is 5.27. The molecule has 0 saturated carbocycles. The minimum Gasteiger partial charge on any atom is -0.497 e. The molecule has 0 bridgehead atoms. The Bertz CT molecular complexity index is 987. The number of hydrogen-bond donors (Lipinski definition) is 1. The summed E-state index contributed by atoms with van der Waals surface area (Å²) in [5.41, 5.74) is 1.21. The van der Waals surface area contributed by atoms with E-state index < -0.39 is 0 Å². The monoisotopic (exact) mass is 465 g/mol. The second kappa shape index (κ2) is 11.2. The third-order valence-electron chi connectivity index (χ3n) is 5.96. The number of carbonyl (C=O) groups excluding carboxylic acids is 1. The van der Waals surface area contributed by atoms with E-state index in [2.05, 4.69) is 51.7 Å². The normalized spacial score (nSPS) is 16.1. The molecule has 1 amide bonds. The quantitative estimate of drug-likeness (QED) is 0.513. The van der Waals surface area contributed by atoms with Crippen LogP contribution in [-0.4, -0.2) is 56.7 Å². The molecule has 1 fully saturated rings. The van der Waals surface area contributed by atoms with E-state index in [9.17, 15) is 4.79 Å². The van der Waals surface area contributed by atoms with Crippen LogP contribution >= 0.6 is 11.3 Å². The van der Waals surface area contributed by atoms with E-state index in [1.165, 1.54) is 10.6 Å². The Morgan fingerprint density at radius 3 is 2.33 bits per heavy atom. The predicted octanol–water partition coefficient (Wildman–Crippen LogP) is 4.20. The number of rotatable bonds is 9. The first-order chi connectivity index (χ1) is 16.1. The number of nitrogens with zero attached hydrogens (tertiary/aromatic N) is 2. The van der Waals surface area contributed by atoms with Crippen LogP contribution in [0.1, 0.15) is 17.8 Å². The second-order valence-corrected chi connectivity index (χ2v) is 9.12. The average molecular weight is 466 g/mol. The van der Waals surface area contributed by atoms with Gasteiger partial charge >= 0.3 is 0 Å². The van der Waals surface area contributed by atoms with Crippen molar-refractivity contribution >= 4 is 22.9 Å². The molecule has 6 nitrogen and oxygen atoms in total. The van der Waals surface area contributed by atoms with Crippen LogP contribution in [0.2, 0.25) is 0 Å². The number of nitrogens with one attached hydrogen (secondary N) is 1. The van der Waals surface area contributed by atoms with Gasteiger partial charge in [0.05, 0.1) is 13.2 Å². The smallest absolute Gasteiger partial charge is 0.258 e. The lowest BCUT2D eigenvalue weighted by molar-refractivity contribution is -0.124. The van der Waals surface area contributed by atoms with Crippen molar-refractivity contribution in [1.82, 2.24) is 10.2 Å². The molecule has 1 aromatic heterocycles. The SMILES string of the molecule is COc1ccc(N2CCN(C(c3cccs3)C(C)NC(=O)COc3ccccc3)CC2)cc1. The molecule has 2 unspecified atom stereocenters. The minimum atomic E-state index is -0.107. The lowest BCUT2D eigenvalue weighted by Gasteiger charge is -2.42. The van der Waals surface area contributed by atoms with Gasteiger partial charge in [-0.15, -0.1) is 11.3 Å². The van der Waals surface area contributed by atoms with Crippen molar-refractivity contribution in [2.24, 2.45) is 0 Å². The number of thiophene rings is 1. The van der Waals surface area contributed by atoms with Crippen molar-refractivity contribution in [1.29, 1.82) is 0 Å². The van der Waals surface area contributed by atoms with Crippen molar-refractivity contribution < 1.29 is 14.3 Å². The summed E-state index contributed by atoms with van der Waals surface area (Å²) in [5.74, 6) is 1.46. The van der Waals surface area contributed by atoms with Gasteiger partial charge in [0.15, 0.2) is 6.61 Å². The molecule has 2 heterocycles. The molecule has 2 atom stereocenters. The van der Waals surface area contributed by atoms with Crippen LogP contribution < -0.4 is 19.7 Å². The summed E-state index contributed by atoms with van der Waals surface area (Å²) < 4.78 is 10.9. The Labute approximate surface area is 199 Å². The van der Waals surface area contributed by atoms with Gasteiger partial charge in [-0.25, -0.2) is 0 Å². The molecule has 4 rings (SSSR count). The zero-order valence-electron chi connectivity index (χ0n) is 19.1. The maximum atomic E-state index is 12.6. The summed E-state index contributed by atoms with van der Waals surface area (Å²) in [4.78, 5) is 18.8. The van der Waals surface area contributed by atoms with Crippen LogP contribution in [0.5, 0.6) is 11.5 Å². The number of piperazine rings is 1. The maximum absolute atomic E-state index is 12.6. The molecule has 3 aromatic rings. The predicted molar refractivity (Wildman–Crippen MR) is 133 cm³/mol. The van der Waals surface area contributed by atoms with Crippen LogP contribution in [0.3, 0.4) is 0 Å². The molecule has 33 heavy (non-hydrogen) atoms. The molecule has 1 aliphatic heterocycles. The number of methoxy groups -OCH3 is 1. The van der Waals surface area contributed by atoms with E-state index in [1.807, 2.05) is 42.5 Å². The molecule has 174 valence electrons. The highest BCUT2D eigenvalue weighted by Gasteiger charge is 2.31. The highest BCUT2D eigenvalue weighted by Crippen LogP contribution is 2.30. The second-order valence-electron chi connectivity index (χ2n) is 8.14. The third-order valence-corrected chi connectivity index (χ3v) is 6.90. The van der Waals surface area contributed by atoms with Gasteiger partial charge in [-0.1, -0.05) is 24.3 Å². The summed E-state index contributed by atoms with van der Waals surface area (Å²) in [6, 6.07) is 22.0. The van der Waals surface area contributed by atoms with Gasteiger partial charge in [-0.3, -0.25) is 9.69 Å². The molecule has 7 heteroatoms. The largest absolute Gasteiger partial charge is 0.497 e. The number of amides is 1. The third kappa shape index (κ3) is 6.06. The fraction of sp³-hybridized carbons (Fsp3) is 0.346. The number of hydrogen-bond acceptors (Lipinski definition) is 6. The fourth-order valence-corrected chi connectivity index (χ4v) is 5.26. The van der Waals surface area contributed by atoms with Crippen molar-refractivity contribution in [3.05, 3.63) is 77.0 Å². The van der Waals surface area contributed by atoms with Gasteiger partial charge < -0.3 is 19.7 Å². The molecule has 0 aliphatic carbocycles. The van der Waals surface area contributed by atoms with E-state index in [1.54, 1.807) is 18.4 Å². The average Bonchev–Trinajstić information content (AvgIpc) is 3.38. The molecule has 1 saturated heterocycles. The number of para-hydroxylation sites is 1. The van der Waals surface area contributed by atoms with Gasteiger partial charge in [-0.05, 0) is 54.8 Å². The Hall–Kier alpha value is -3.03.